The fourth-order valence-electron chi connectivity index (χ4n) is 2.97. The van der Waals surface area contributed by atoms with Gasteiger partial charge in [0.2, 0.25) is 0 Å². The Balaban J connectivity index is 2.23. The normalized spacial score (nSPS) is 28.2. The van der Waals surface area contributed by atoms with Crippen LogP contribution in [-0.4, -0.2) is 18.7 Å². The summed E-state index contributed by atoms with van der Waals surface area (Å²) in [5.74, 6) is -0.340. The molecule has 0 radical (unpaired) electrons. The minimum absolute atomic E-state index is 0.0896. The van der Waals surface area contributed by atoms with E-state index in [1.807, 2.05) is 45.0 Å². The molecular weight excluding hydrogens is 300 g/mol. The summed E-state index contributed by atoms with van der Waals surface area (Å²) < 4.78 is 11.3. The summed E-state index contributed by atoms with van der Waals surface area (Å²) in [7, 11) is 0. The molecule has 4 atom stereocenters. The van der Waals surface area contributed by atoms with E-state index in [9.17, 15) is 4.79 Å². The van der Waals surface area contributed by atoms with Gasteiger partial charge in [-0.15, -0.1) is 0 Å². The zero-order chi connectivity index (χ0) is 16.3. The number of rotatable bonds is 4. The van der Waals surface area contributed by atoms with Gasteiger partial charge in [0.15, 0.2) is 0 Å². The fraction of sp³-hybridized carbons (Fsp3) is 0.500. The zero-order valence-corrected chi connectivity index (χ0v) is 14.1. The first-order chi connectivity index (χ1) is 10.4. The van der Waals surface area contributed by atoms with Crippen molar-refractivity contribution in [3.8, 4) is 0 Å². The second-order valence-electron chi connectivity index (χ2n) is 5.86. The molecule has 2 rings (SSSR count). The lowest BCUT2D eigenvalue weighted by Crippen LogP contribution is -2.40. The van der Waals surface area contributed by atoms with E-state index in [0.717, 1.165) is 11.1 Å². The molecule has 1 aromatic rings. The van der Waals surface area contributed by atoms with Crippen molar-refractivity contribution in [1.29, 1.82) is 0 Å². The van der Waals surface area contributed by atoms with E-state index in [-0.39, 0.29) is 30.0 Å². The molecule has 0 spiro atoms. The molecule has 1 heterocycles. The number of carbonyl (C=O) groups is 1. The van der Waals surface area contributed by atoms with Gasteiger partial charge < -0.3 is 9.47 Å². The number of benzene rings is 1. The van der Waals surface area contributed by atoms with E-state index in [1.54, 1.807) is 0 Å². The predicted molar refractivity (Wildman–Crippen MR) is 87.8 cm³/mol. The minimum Gasteiger partial charge on any atom is -0.466 e. The summed E-state index contributed by atoms with van der Waals surface area (Å²) in [6.45, 7) is 10.2. The first-order valence-corrected chi connectivity index (χ1v) is 8.04. The maximum absolute atomic E-state index is 12.1. The molecule has 3 nitrogen and oxygen atoms in total. The van der Waals surface area contributed by atoms with Gasteiger partial charge in [-0.25, -0.2) is 0 Å². The zero-order valence-electron chi connectivity index (χ0n) is 13.3. The lowest BCUT2D eigenvalue weighted by atomic mass is 9.78. The molecule has 4 heteroatoms. The molecule has 0 aliphatic carbocycles. The third-order valence-electron chi connectivity index (χ3n) is 4.22. The quantitative estimate of drug-likeness (QED) is 0.602. The van der Waals surface area contributed by atoms with Crippen LogP contribution in [0.3, 0.4) is 0 Å². The fourth-order valence-corrected chi connectivity index (χ4v) is 3.10. The molecule has 1 fully saturated rings. The molecule has 22 heavy (non-hydrogen) atoms. The number of halogens is 1. The topological polar surface area (TPSA) is 35.5 Å². The van der Waals surface area contributed by atoms with Gasteiger partial charge in [0.25, 0.3) is 0 Å². The van der Waals surface area contributed by atoms with Gasteiger partial charge >= 0.3 is 5.97 Å². The Hall–Kier alpha value is -1.32. The van der Waals surface area contributed by atoms with Crippen molar-refractivity contribution < 1.29 is 14.3 Å². The summed E-state index contributed by atoms with van der Waals surface area (Å²) >= 11 is 5.96. The van der Waals surface area contributed by atoms with E-state index >= 15 is 0 Å². The maximum Gasteiger partial charge on any atom is 0.311 e. The highest BCUT2D eigenvalue weighted by molar-refractivity contribution is 6.30. The largest absolute Gasteiger partial charge is 0.466 e. The average molecular weight is 323 g/mol. The molecule has 120 valence electrons. The van der Waals surface area contributed by atoms with Gasteiger partial charge in [0.1, 0.15) is 0 Å². The van der Waals surface area contributed by atoms with E-state index in [1.165, 1.54) is 0 Å². The molecule has 1 aromatic carbocycles. The summed E-state index contributed by atoms with van der Waals surface area (Å²) in [5, 5.41) is 0.698. The van der Waals surface area contributed by atoms with Crippen molar-refractivity contribution >= 4 is 17.6 Å². The lowest BCUT2D eigenvalue weighted by Gasteiger charge is -2.40. The van der Waals surface area contributed by atoms with Gasteiger partial charge in [0, 0.05) is 10.9 Å². The molecule has 1 saturated heterocycles. The molecule has 0 bridgehead atoms. The minimum atomic E-state index is -0.245. The second-order valence-corrected chi connectivity index (χ2v) is 6.30. The molecule has 0 unspecified atom stereocenters. The van der Waals surface area contributed by atoms with Crippen LogP contribution in [0.4, 0.5) is 0 Å². The molecule has 1 aliphatic heterocycles. The highest BCUT2D eigenvalue weighted by Crippen LogP contribution is 2.42. The van der Waals surface area contributed by atoms with E-state index in [2.05, 4.69) is 6.58 Å². The van der Waals surface area contributed by atoms with Gasteiger partial charge in [-0.3, -0.25) is 4.79 Å². The van der Waals surface area contributed by atoms with Crippen LogP contribution in [-0.2, 0) is 14.3 Å². The van der Waals surface area contributed by atoms with Crippen LogP contribution in [0, 0.1) is 11.8 Å². The Labute approximate surface area is 137 Å². The van der Waals surface area contributed by atoms with Crippen LogP contribution >= 0.6 is 11.6 Å². The first-order valence-electron chi connectivity index (χ1n) is 7.67. The average Bonchev–Trinajstić information content (AvgIpc) is 2.47. The summed E-state index contributed by atoms with van der Waals surface area (Å²) in [6, 6.07) is 7.66. The van der Waals surface area contributed by atoms with Crippen LogP contribution in [0.2, 0.25) is 5.02 Å². The number of ether oxygens (including phenoxy) is 2. The third kappa shape index (κ3) is 3.71. The standard InChI is InChI=1S/C18H23ClO3/c1-5-21-18(20)16-10-15(11(2)3)17(22-12(16)4)13-6-8-14(19)9-7-13/h6-9,12,15-17H,2,5,10H2,1,3-4H3/t12-,15+,16-,17+/m1/s1. The van der Waals surface area contributed by atoms with Crippen molar-refractivity contribution in [1.82, 2.24) is 0 Å². The molecule has 0 amide bonds. The van der Waals surface area contributed by atoms with Gasteiger partial charge in [-0.1, -0.05) is 35.9 Å². The number of hydrogen-bond donors (Lipinski definition) is 0. The lowest BCUT2D eigenvalue weighted by molar-refractivity contribution is -0.166. The Morgan fingerprint density at radius 2 is 2.00 bits per heavy atom. The molecule has 0 saturated carbocycles. The Morgan fingerprint density at radius 3 is 2.55 bits per heavy atom. The van der Waals surface area contributed by atoms with Gasteiger partial charge in [-0.05, 0) is 44.9 Å². The van der Waals surface area contributed by atoms with Crippen LogP contribution < -0.4 is 0 Å². The van der Waals surface area contributed by atoms with Gasteiger partial charge in [-0.2, -0.15) is 0 Å². The van der Waals surface area contributed by atoms with Crippen LogP contribution in [0.15, 0.2) is 36.4 Å². The smallest absolute Gasteiger partial charge is 0.311 e. The van der Waals surface area contributed by atoms with E-state index in [4.69, 9.17) is 21.1 Å². The van der Waals surface area contributed by atoms with Crippen molar-refractivity contribution in [3.63, 3.8) is 0 Å². The molecule has 1 aliphatic rings. The predicted octanol–water partition coefficient (Wildman–Crippen LogP) is 4.56. The highest BCUT2D eigenvalue weighted by atomic mass is 35.5. The van der Waals surface area contributed by atoms with Crippen LogP contribution in [0.1, 0.15) is 38.9 Å². The Bertz CT molecular complexity index is 538. The third-order valence-corrected chi connectivity index (χ3v) is 4.47. The van der Waals surface area contributed by atoms with Gasteiger partial charge in [0.05, 0.1) is 24.7 Å². The first kappa shape index (κ1) is 17.0. The maximum atomic E-state index is 12.1. The van der Waals surface area contributed by atoms with E-state index in [0.29, 0.717) is 18.1 Å². The monoisotopic (exact) mass is 322 g/mol. The number of carbonyl (C=O) groups excluding carboxylic acids is 1. The van der Waals surface area contributed by atoms with Crippen molar-refractivity contribution in [3.05, 3.63) is 47.0 Å². The molecule has 0 N–H and O–H groups in total. The van der Waals surface area contributed by atoms with Crippen LogP contribution in [0.5, 0.6) is 0 Å². The second kappa shape index (κ2) is 7.30. The SMILES string of the molecule is C=C(C)[C@@H]1C[C@@H](C(=O)OCC)[C@@H](C)O[C@H]1c1ccc(Cl)cc1. The Kier molecular flexibility index (Phi) is 5.65. The molecular formula is C18H23ClO3. The Morgan fingerprint density at radius 1 is 1.36 bits per heavy atom. The summed E-state index contributed by atoms with van der Waals surface area (Å²) in [4.78, 5) is 12.1. The van der Waals surface area contributed by atoms with Crippen molar-refractivity contribution in [2.45, 2.75) is 39.4 Å². The van der Waals surface area contributed by atoms with E-state index < -0.39 is 0 Å². The van der Waals surface area contributed by atoms with Crippen molar-refractivity contribution in [2.24, 2.45) is 11.8 Å². The summed E-state index contributed by atoms with van der Waals surface area (Å²) in [6.07, 6.45) is 0.411. The van der Waals surface area contributed by atoms with Crippen LogP contribution in [0.25, 0.3) is 0 Å². The number of esters is 1. The highest BCUT2D eigenvalue weighted by Gasteiger charge is 2.41. The van der Waals surface area contributed by atoms with Crippen molar-refractivity contribution in [2.75, 3.05) is 6.61 Å². The summed E-state index contributed by atoms with van der Waals surface area (Å²) in [5.41, 5.74) is 2.08. The number of hydrogen-bond acceptors (Lipinski definition) is 3. The molecule has 0 aromatic heterocycles.